The van der Waals surface area contributed by atoms with Crippen LogP contribution in [0.4, 0.5) is 34.1 Å². The summed E-state index contributed by atoms with van der Waals surface area (Å²) in [6.45, 7) is 0. The Morgan fingerprint density at radius 1 is 0.239 bits per heavy atom. The Hall–Kier alpha value is -8.50. The van der Waals surface area contributed by atoms with Crippen LogP contribution in [0.2, 0.25) is 0 Å². The third-order valence-electron chi connectivity index (χ3n) is 12.8. The summed E-state index contributed by atoms with van der Waals surface area (Å²) < 4.78 is 2.53. The lowest BCUT2D eigenvalue weighted by Gasteiger charge is -2.31. The van der Waals surface area contributed by atoms with E-state index in [0.29, 0.717) is 0 Å². The molecule has 0 bridgehead atoms. The lowest BCUT2D eigenvalue weighted by atomic mass is 9.98. The Morgan fingerprint density at radius 3 is 1.24 bits per heavy atom. The first-order chi connectivity index (χ1) is 33.2. The standard InChI is InChI=1S/C64H44N2S/c1-4-15-45(16-5-1)49-29-35-55(36-30-49)65(56-37-31-50(32-38-56)46-17-6-2-7-18-46)58-42-54(53-28-27-48-21-10-11-22-52(48)41-53)43-59(44-58)66(57-39-33-51(34-40-57)47-19-8-3-9-20-47)62-25-14-24-61-60-23-12-13-26-63(60)67-64(61)62/h1-44H. The van der Waals surface area contributed by atoms with E-state index in [2.05, 4.69) is 277 Å². The highest BCUT2D eigenvalue weighted by atomic mass is 32.1. The molecule has 3 heteroatoms. The smallest absolute Gasteiger partial charge is 0.0640 e. The van der Waals surface area contributed by atoms with Crippen LogP contribution in [0.15, 0.2) is 267 Å². The fraction of sp³-hybridized carbons (Fsp3) is 0. The van der Waals surface area contributed by atoms with Crippen LogP contribution in [0.5, 0.6) is 0 Å². The van der Waals surface area contributed by atoms with E-state index in [1.807, 2.05) is 11.3 Å². The van der Waals surface area contributed by atoms with Crippen LogP contribution in [0.3, 0.4) is 0 Å². The van der Waals surface area contributed by atoms with E-state index in [1.54, 1.807) is 0 Å². The summed E-state index contributed by atoms with van der Waals surface area (Å²) in [5, 5.41) is 4.96. The van der Waals surface area contributed by atoms with Crippen LogP contribution in [-0.2, 0) is 0 Å². The molecule has 12 rings (SSSR count). The van der Waals surface area contributed by atoms with Gasteiger partial charge in [0.15, 0.2) is 0 Å². The summed E-state index contributed by atoms with van der Waals surface area (Å²) >= 11 is 1.86. The summed E-state index contributed by atoms with van der Waals surface area (Å²) in [7, 11) is 0. The van der Waals surface area contributed by atoms with Crippen molar-refractivity contribution in [1.82, 2.24) is 0 Å². The highest BCUT2D eigenvalue weighted by Gasteiger charge is 2.22. The van der Waals surface area contributed by atoms with Gasteiger partial charge < -0.3 is 9.80 Å². The zero-order chi connectivity index (χ0) is 44.5. The minimum atomic E-state index is 1.05. The molecule has 67 heavy (non-hydrogen) atoms. The SMILES string of the molecule is c1ccc(-c2ccc(N(c3ccc(-c4ccccc4)cc3)c3cc(-c4ccc5ccccc5c4)cc(N(c4ccc(-c5ccccc5)cc4)c4cccc5c4sc4ccccc45)c3)cc2)cc1. The molecule has 2 nitrogen and oxygen atoms in total. The van der Waals surface area contributed by atoms with Crippen LogP contribution < -0.4 is 9.80 Å². The average molecular weight is 873 g/mol. The van der Waals surface area contributed by atoms with Gasteiger partial charge >= 0.3 is 0 Å². The van der Waals surface area contributed by atoms with E-state index in [9.17, 15) is 0 Å². The molecular formula is C64H44N2S. The molecule has 0 N–H and O–H groups in total. The summed E-state index contributed by atoms with van der Waals surface area (Å²) in [4.78, 5) is 4.88. The number of hydrogen-bond acceptors (Lipinski definition) is 3. The summed E-state index contributed by atoms with van der Waals surface area (Å²) in [5.41, 5.74) is 15.9. The number of rotatable bonds is 10. The molecular weight excluding hydrogens is 829 g/mol. The molecule has 0 saturated heterocycles. The van der Waals surface area contributed by atoms with E-state index in [-0.39, 0.29) is 0 Å². The van der Waals surface area contributed by atoms with Gasteiger partial charge in [-0.15, -0.1) is 11.3 Å². The van der Waals surface area contributed by atoms with E-state index in [4.69, 9.17) is 0 Å². The molecule has 316 valence electrons. The second-order valence-corrected chi connectivity index (χ2v) is 18.0. The zero-order valence-corrected chi connectivity index (χ0v) is 37.5. The first kappa shape index (κ1) is 40.0. The van der Waals surface area contributed by atoms with Crippen molar-refractivity contribution in [3.63, 3.8) is 0 Å². The zero-order valence-electron chi connectivity index (χ0n) is 36.7. The van der Waals surface area contributed by atoms with Crippen LogP contribution >= 0.6 is 11.3 Å². The van der Waals surface area contributed by atoms with Gasteiger partial charge in [-0.3, -0.25) is 0 Å². The normalized spacial score (nSPS) is 11.3. The molecule has 0 atom stereocenters. The van der Waals surface area contributed by atoms with Crippen molar-refractivity contribution in [2.24, 2.45) is 0 Å². The van der Waals surface area contributed by atoms with E-state index < -0.39 is 0 Å². The van der Waals surface area contributed by atoms with Crippen LogP contribution in [0, 0.1) is 0 Å². The second-order valence-electron chi connectivity index (χ2n) is 17.0. The number of thiophene rings is 1. The van der Waals surface area contributed by atoms with Gasteiger partial charge in [0, 0.05) is 43.9 Å². The average Bonchev–Trinajstić information content (AvgIpc) is 3.80. The monoisotopic (exact) mass is 872 g/mol. The number of hydrogen-bond donors (Lipinski definition) is 0. The summed E-state index contributed by atoms with van der Waals surface area (Å²) in [6, 6.07) is 97.1. The van der Waals surface area contributed by atoms with Gasteiger partial charge in [0.2, 0.25) is 0 Å². The molecule has 1 aromatic heterocycles. The maximum Gasteiger partial charge on any atom is 0.0640 e. The predicted octanol–water partition coefficient (Wildman–Crippen LogP) is 18.8. The minimum absolute atomic E-state index is 1.05. The van der Waals surface area contributed by atoms with E-state index in [0.717, 1.165) is 45.3 Å². The van der Waals surface area contributed by atoms with Gasteiger partial charge in [-0.1, -0.05) is 194 Å². The van der Waals surface area contributed by atoms with Gasteiger partial charge in [0.25, 0.3) is 0 Å². The highest BCUT2D eigenvalue weighted by molar-refractivity contribution is 7.26. The van der Waals surface area contributed by atoms with Gasteiger partial charge in [-0.2, -0.15) is 0 Å². The Labute approximate surface area is 395 Å². The lowest BCUT2D eigenvalue weighted by molar-refractivity contribution is 1.26. The van der Waals surface area contributed by atoms with Crippen molar-refractivity contribution < 1.29 is 0 Å². The first-order valence-corrected chi connectivity index (χ1v) is 23.6. The van der Waals surface area contributed by atoms with Crippen LogP contribution in [0.25, 0.3) is 75.5 Å². The van der Waals surface area contributed by atoms with E-state index in [1.165, 1.54) is 64.3 Å². The molecule has 1 heterocycles. The largest absolute Gasteiger partial charge is 0.310 e. The number of fused-ring (bicyclic) bond motifs is 4. The van der Waals surface area contributed by atoms with Crippen molar-refractivity contribution >= 4 is 76.4 Å². The van der Waals surface area contributed by atoms with Gasteiger partial charge in [-0.05, 0) is 128 Å². The molecule has 0 unspecified atom stereocenters. The number of anilines is 6. The minimum Gasteiger partial charge on any atom is -0.310 e. The van der Waals surface area contributed by atoms with Crippen molar-refractivity contribution in [2.75, 3.05) is 9.80 Å². The van der Waals surface area contributed by atoms with Crippen LogP contribution in [-0.4, -0.2) is 0 Å². The van der Waals surface area contributed by atoms with Gasteiger partial charge in [-0.25, -0.2) is 0 Å². The Bertz CT molecular complexity index is 3570. The third-order valence-corrected chi connectivity index (χ3v) is 14.0. The second kappa shape index (κ2) is 17.5. The highest BCUT2D eigenvalue weighted by Crippen LogP contribution is 2.48. The number of benzene rings is 11. The fourth-order valence-electron chi connectivity index (χ4n) is 9.47. The Kier molecular flexibility index (Phi) is 10.4. The molecule has 0 amide bonds. The molecule has 0 fully saturated rings. The molecule has 0 spiro atoms. The van der Waals surface area contributed by atoms with Crippen molar-refractivity contribution in [3.8, 4) is 44.5 Å². The van der Waals surface area contributed by atoms with E-state index >= 15 is 0 Å². The van der Waals surface area contributed by atoms with Gasteiger partial charge in [0.1, 0.15) is 0 Å². The topological polar surface area (TPSA) is 6.48 Å². The van der Waals surface area contributed by atoms with Crippen molar-refractivity contribution in [1.29, 1.82) is 0 Å². The Balaban J connectivity index is 1.10. The Morgan fingerprint density at radius 2 is 0.672 bits per heavy atom. The quantitative estimate of drug-likeness (QED) is 0.135. The molecule has 11 aromatic carbocycles. The predicted molar refractivity (Wildman–Crippen MR) is 288 cm³/mol. The number of nitrogens with zero attached hydrogens (tertiary/aromatic N) is 2. The molecule has 0 radical (unpaired) electrons. The first-order valence-electron chi connectivity index (χ1n) is 22.8. The third kappa shape index (κ3) is 7.82. The fourth-order valence-corrected chi connectivity index (χ4v) is 10.7. The van der Waals surface area contributed by atoms with Crippen LogP contribution in [0.1, 0.15) is 0 Å². The van der Waals surface area contributed by atoms with Crippen molar-refractivity contribution in [3.05, 3.63) is 267 Å². The maximum atomic E-state index is 2.47. The maximum absolute atomic E-state index is 2.47. The van der Waals surface area contributed by atoms with Gasteiger partial charge in [0.05, 0.1) is 10.4 Å². The molecule has 0 saturated carbocycles. The summed E-state index contributed by atoms with van der Waals surface area (Å²) in [6.07, 6.45) is 0. The lowest BCUT2D eigenvalue weighted by Crippen LogP contribution is -2.14. The molecule has 0 aliphatic carbocycles. The summed E-state index contributed by atoms with van der Waals surface area (Å²) in [5.74, 6) is 0. The molecule has 0 aliphatic heterocycles. The molecule has 12 aromatic rings. The van der Waals surface area contributed by atoms with Crippen molar-refractivity contribution in [2.45, 2.75) is 0 Å². The molecule has 0 aliphatic rings.